The summed E-state index contributed by atoms with van der Waals surface area (Å²) < 4.78 is 1.81. The Morgan fingerprint density at radius 3 is 2.86 bits per heavy atom. The van der Waals surface area contributed by atoms with E-state index in [1.54, 1.807) is 24.5 Å². The van der Waals surface area contributed by atoms with Crippen LogP contribution in [-0.2, 0) is 0 Å². The molecule has 5 nitrogen and oxygen atoms in total. The van der Waals surface area contributed by atoms with Crippen molar-refractivity contribution in [3.63, 3.8) is 0 Å². The van der Waals surface area contributed by atoms with Crippen molar-refractivity contribution in [2.75, 3.05) is 0 Å². The van der Waals surface area contributed by atoms with Gasteiger partial charge in [-0.1, -0.05) is 12.1 Å². The molecular weight excluding hydrogens is 264 g/mol. The zero-order valence-electron chi connectivity index (χ0n) is 11.5. The Morgan fingerprint density at radius 2 is 2.14 bits per heavy atom. The van der Waals surface area contributed by atoms with Crippen molar-refractivity contribution < 1.29 is 4.79 Å². The molecule has 0 bridgehead atoms. The minimum Gasteiger partial charge on any atom is -0.366 e. The van der Waals surface area contributed by atoms with Crippen LogP contribution in [0.3, 0.4) is 0 Å². The molecule has 3 rings (SSSR count). The third-order valence-corrected chi connectivity index (χ3v) is 3.50. The molecule has 1 amide bonds. The van der Waals surface area contributed by atoms with Gasteiger partial charge in [0.15, 0.2) is 0 Å². The van der Waals surface area contributed by atoms with Crippen molar-refractivity contribution in [3.05, 3.63) is 59.4 Å². The summed E-state index contributed by atoms with van der Waals surface area (Å²) in [5.41, 5.74) is 8.46. The number of pyridine rings is 1. The predicted octanol–water partition coefficient (Wildman–Crippen LogP) is 2.43. The van der Waals surface area contributed by atoms with Crippen LogP contribution in [0.2, 0.25) is 0 Å². The number of nitrogens with zero attached hydrogens (tertiary/aromatic N) is 2. The quantitative estimate of drug-likeness (QED) is 0.721. The smallest absolute Gasteiger partial charge is 0.250 e. The van der Waals surface area contributed by atoms with Crippen molar-refractivity contribution in [1.82, 2.24) is 9.55 Å². The maximum atomic E-state index is 11.7. The maximum Gasteiger partial charge on any atom is 0.250 e. The molecule has 0 atom stereocenters. The van der Waals surface area contributed by atoms with E-state index in [0.29, 0.717) is 16.9 Å². The fourth-order valence-electron chi connectivity index (χ4n) is 2.55. The number of nitrogens with two attached hydrogens (primary N) is 1. The van der Waals surface area contributed by atoms with Gasteiger partial charge >= 0.3 is 0 Å². The Bertz CT molecular complexity index is 864. The summed E-state index contributed by atoms with van der Waals surface area (Å²) in [4.78, 5) is 16.0. The van der Waals surface area contributed by atoms with Crippen LogP contribution in [0.5, 0.6) is 0 Å². The Labute approximate surface area is 121 Å². The van der Waals surface area contributed by atoms with Crippen molar-refractivity contribution in [1.29, 1.82) is 5.41 Å². The normalized spacial score (nSPS) is 10.7. The lowest BCUT2D eigenvalue weighted by molar-refractivity contribution is 0.100. The molecule has 5 heteroatoms. The van der Waals surface area contributed by atoms with Crippen molar-refractivity contribution in [3.8, 4) is 5.82 Å². The van der Waals surface area contributed by atoms with Gasteiger partial charge in [0, 0.05) is 29.6 Å². The molecule has 2 heterocycles. The van der Waals surface area contributed by atoms with Crippen LogP contribution in [-0.4, -0.2) is 21.7 Å². The van der Waals surface area contributed by atoms with E-state index in [2.05, 4.69) is 4.98 Å². The van der Waals surface area contributed by atoms with E-state index in [1.807, 2.05) is 29.7 Å². The molecular formula is C16H14N4O. The fraction of sp³-hybridized carbons (Fsp3) is 0.0625. The summed E-state index contributed by atoms with van der Waals surface area (Å²) in [5, 5.41) is 8.33. The topological polar surface area (TPSA) is 84.8 Å². The van der Waals surface area contributed by atoms with Crippen molar-refractivity contribution >= 4 is 23.0 Å². The van der Waals surface area contributed by atoms with Gasteiger partial charge in [0.2, 0.25) is 0 Å². The zero-order chi connectivity index (χ0) is 15.0. The van der Waals surface area contributed by atoms with E-state index in [1.165, 1.54) is 6.21 Å². The number of hydrogen-bond donors (Lipinski definition) is 2. The highest BCUT2D eigenvalue weighted by atomic mass is 16.1. The molecule has 0 fully saturated rings. The molecule has 0 spiro atoms. The van der Waals surface area contributed by atoms with Crippen molar-refractivity contribution in [2.24, 2.45) is 5.73 Å². The highest BCUT2D eigenvalue weighted by Gasteiger charge is 2.16. The third-order valence-electron chi connectivity index (χ3n) is 3.50. The zero-order valence-corrected chi connectivity index (χ0v) is 11.5. The summed E-state index contributed by atoms with van der Waals surface area (Å²) in [6.45, 7) is 1.94. The molecule has 0 aliphatic heterocycles. The van der Waals surface area contributed by atoms with Gasteiger partial charge < -0.3 is 11.1 Å². The number of fused-ring (bicyclic) bond motifs is 1. The van der Waals surface area contributed by atoms with Crippen LogP contribution in [0.1, 0.15) is 21.5 Å². The molecule has 3 aromatic rings. The van der Waals surface area contributed by atoms with E-state index < -0.39 is 5.91 Å². The Kier molecular flexibility index (Phi) is 3.02. The molecule has 1 aromatic carbocycles. The molecule has 21 heavy (non-hydrogen) atoms. The summed E-state index contributed by atoms with van der Waals surface area (Å²) in [7, 11) is 0. The van der Waals surface area contributed by atoms with Crippen LogP contribution in [0.25, 0.3) is 16.7 Å². The molecule has 0 saturated carbocycles. The highest BCUT2D eigenvalue weighted by molar-refractivity contribution is 6.08. The number of carbonyl (C=O) groups excluding carboxylic acids is 1. The summed E-state index contributed by atoms with van der Waals surface area (Å²) in [6.07, 6.45) is 4.59. The first-order chi connectivity index (χ1) is 10.1. The molecule has 104 valence electrons. The number of aryl methyl sites for hydroxylation is 1. The lowest BCUT2D eigenvalue weighted by Crippen LogP contribution is -2.10. The summed E-state index contributed by atoms with van der Waals surface area (Å²) in [6, 6.07) is 9.36. The highest BCUT2D eigenvalue weighted by Crippen LogP contribution is 2.27. The van der Waals surface area contributed by atoms with Crippen LogP contribution in [0.15, 0.2) is 42.7 Å². The van der Waals surface area contributed by atoms with E-state index in [0.717, 1.165) is 16.5 Å². The Morgan fingerprint density at radius 1 is 1.33 bits per heavy atom. The van der Waals surface area contributed by atoms with Crippen LogP contribution >= 0.6 is 0 Å². The minimum atomic E-state index is -0.472. The van der Waals surface area contributed by atoms with Crippen molar-refractivity contribution in [2.45, 2.75) is 6.92 Å². The molecule has 0 aliphatic rings. The second-order valence-electron chi connectivity index (χ2n) is 4.81. The lowest BCUT2D eigenvalue weighted by atomic mass is 10.1. The number of hydrogen-bond acceptors (Lipinski definition) is 3. The fourth-order valence-corrected chi connectivity index (χ4v) is 2.55. The number of amides is 1. The van der Waals surface area contributed by atoms with Gasteiger partial charge in [0.1, 0.15) is 5.82 Å². The second-order valence-corrected chi connectivity index (χ2v) is 4.81. The number of carbonyl (C=O) groups is 1. The lowest BCUT2D eigenvalue weighted by Gasteiger charge is -2.07. The number of nitrogens with one attached hydrogen (secondary N) is 1. The van der Waals surface area contributed by atoms with Crippen LogP contribution < -0.4 is 5.73 Å². The number of aromatic nitrogens is 2. The third kappa shape index (κ3) is 1.99. The molecule has 0 saturated heterocycles. The first-order valence-corrected chi connectivity index (χ1v) is 6.50. The number of rotatable bonds is 3. The number of primary amides is 1. The second kappa shape index (κ2) is 4.86. The Hall–Kier alpha value is -2.95. The average Bonchev–Trinajstić information content (AvgIpc) is 2.88. The summed E-state index contributed by atoms with van der Waals surface area (Å²) >= 11 is 0. The van der Waals surface area contributed by atoms with E-state index in [-0.39, 0.29) is 0 Å². The van der Waals surface area contributed by atoms with Gasteiger partial charge in [-0.25, -0.2) is 4.98 Å². The molecule has 2 aromatic heterocycles. The maximum absolute atomic E-state index is 11.7. The van der Waals surface area contributed by atoms with E-state index >= 15 is 0 Å². The van der Waals surface area contributed by atoms with Gasteiger partial charge in [0.05, 0.1) is 11.1 Å². The van der Waals surface area contributed by atoms with Gasteiger partial charge in [-0.3, -0.25) is 9.36 Å². The largest absolute Gasteiger partial charge is 0.366 e. The van der Waals surface area contributed by atoms with E-state index in [4.69, 9.17) is 11.1 Å². The van der Waals surface area contributed by atoms with Gasteiger partial charge in [0.25, 0.3) is 5.91 Å². The van der Waals surface area contributed by atoms with Crippen LogP contribution in [0.4, 0.5) is 0 Å². The molecule has 3 N–H and O–H groups in total. The SMILES string of the molecule is Cc1cccc2c1c(C(N)=O)cn2-c1ncccc1C=N. The predicted molar refractivity (Wildman–Crippen MR) is 82.2 cm³/mol. The average molecular weight is 278 g/mol. The molecule has 0 aliphatic carbocycles. The van der Waals surface area contributed by atoms with Crippen LogP contribution in [0, 0.1) is 12.3 Å². The molecule has 0 unspecified atom stereocenters. The summed E-state index contributed by atoms with van der Waals surface area (Å²) in [5.74, 6) is 0.135. The first kappa shape index (κ1) is 13.1. The molecule has 0 radical (unpaired) electrons. The number of benzene rings is 1. The minimum absolute atomic E-state index is 0.463. The Balaban J connectivity index is 2.42. The van der Waals surface area contributed by atoms with Gasteiger partial charge in [-0.2, -0.15) is 0 Å². The van der Waals surface area contributed by atoms with Gasteiger partial charge in [-0.15, -0.1) is 0 Å². The monoisotopic (exact) mass is 278 g/mol. The standard InChI is InChI=1S/C16H14N4O/c1-10-4-2-6-13-14(10)12(15(18)21)9-20(13)16-11(8-17)5-3-7-19-16/h2-9,17H,1H3,(H2,18,21). The van der Waals surface area contributed by atoms with E-state index in [9.17, 15) is 4.79 Å². The first-order valence-electron chi connectivity index (χ1n) is 6.50. The van der Waals surface area contributed by atoms with Gasteiger partial charge in [-0.05, 0) is 30.7 Å².